The van der Waals surface area contributed by atoms with Crippen molar-refractivity contribution in [2.45, 2.75) is 19.9 Å². The van der Waals surface area contributed by atoms with Gasteiger partial charge < -0.3 is 14.9 Å². The van der Waals surface area contributed by atoms with Crippen LogP contribution in [0.5, 0.6) is 5.75 Å². The van der Waals surface area contributed by atoms with Gasteiger partial charge in [-0.15, -0.1) is 0 Å². The van der Waals surface area contributed by atoms with Gasteiger partial charge in [-0.05, 0) is 42.7 Å². The minimum absolute atomic E-state index is 0.154. The van der Waals surface area contributed by atoms with Crippen LogP contribution >= 0.6 is 0 Å². The summed E-state index contributed by atoms with van der Waals surface area (Å²) < 4.78 is 10.4. The van der Waals surface area contributed by atoms with Crippen molar-refractivity contribution in [3.63, 3.8) is 0 Å². The summed E-state index contributed by atoms with van der Waals surface area (Å²) in [4.78, 5) is 0. The molecule has 2 rings (SSSR count). The molecule has 3 nitrogen and oxygen atoms in total. The van der Waals surface area contributed by atoms with Crippen LogP contribution in [0.15, 0.2) is 35.1 Å². The average Bonchev–Trinajstić information content (AvgIpc) is 2.84. The smallest absolute Gasteiger partial charge is 0.122 e. The number of benzene rings is 1. The van der Waals surface area contributed by atoms with Crippen molar-refractivity contribution < 1.29 is 9.15 Å². The normalized spacial score (nSPS) is 12.5. The van der Waals surface area contributed by atoms with Crippen molar-refractivity contribution >= 4 is 0 Å². The molecule has 0 spiro atoms. The number of hydrogen-bond acceptors (Lipinski definition) is 3. The van der Waals surface area contributed by atoms with E-state index in [-0.39, 0.29) is 6.04 Å². The third-order valence-corrected chi connectivity index (χ3v) is 3.02. The van der Waals surface area contributed by atoms with Crippen LogP contribution in [0, 0.1) is 13.8 Å². The fraction of sp³-hybridized carbons (Fsp3) is 0.286. The van der Waals surface area contributed by atoms with E-state index in [2.05, 4.69) is 6.07 Å². The SMILES string of the molecule is COc1cc(C)c(C(N)c2ccoc2)cc1C. The first kappa shape index (κ1) is 11.7. The zero-order valence-electron chi connectivity index (χ0n) is 10.4. The highest BCUT2D eigenvalue weighted by atomic mass is 16.5. The zero-order chi connectivity index (χ0) is 12.4. The maximum Gasteiger partial charge on any atom is 0.122 e. The second-order valence-electron chi connectivity index (χ2n) is 4.21. The molecule has 0 saturated heterocycles. The Balaban J connectivity index is 2.42. The highest BCUT2D eigenvalue weighted by Gasteiger charge is 2.14. The number of methoxy groups -OCH3 is 1. The van der Waals surface area contributed by atoms with E-state index in [1.54, 1.807) is 19.6 Å². The van der Waals surface area contributed by atoms with Crippen molar-refractivity contribution in [1.82, 2.24) is 0 Å². The topological polar surface area (TPSA) is 48.4 Å². The summed E-state index contributed by atoms with van der Waals surface area (Å²) in [6, 6.07) is 5.83. The number of ether oxygens (including phenoxy) is 1. The first-order valence-corrected chi connectivity index (χ1v) is 5.56. The monoisotopic (exact) mass is 231 g/mol. The van der Waals surface area contributed by atoms with Crippen molar-refractivity contribution in [2.75, 3.05) is 7.11 Å². The molecule has 0 aliphatic carbocycles. The molecule has 0 fully saturated rings. The molecular formula is C14H17NO2. The molecule has 0 bridgehead atoms. The van der Waals surface area contributed by atoms with Gasteiger partial charge in [0, 0.05) is 5.56 Å². The second kappa shape index (κ2) is 4.63. The van der Waals surface area contributed by atoms with Crippen molar-refractivity contribution in [1.29, 1.82) is 0 Å². The summed E-state index contributed by atoms with van der Waals surface area (Å²) in [5.74, 6) is 0.894. The minimum atomic E-state index is -0.154. The predicted molar refractivity (Wildman–Crippen MR) is 67.2 cm³/mol. The number of rotatable bonds is 3. The number of aryl methyl sites for hydroxylation is 2. The van der Waals surface area contributed by atoms with Gasteiger partial charge in [-0.2, -0.15) is 0 Å². The first-order valence-electron chi connectivity index (χ1n) is 5.56. The van der Waals surface area contributed by atoms with Crippen LogP contribution in [-0.2, 0) is 0 Å². The molecule has 1 unspecified atom stereocenters. The Morgan fingerprint density at radius 3 is 2.59 bits per heavy atom. The third-order valence-electron chi connectivity index (χ3n) is 3.02. The van der Waals surface area contributed by atoms with Crippen molar-refractivity contribution in [2.24, 2.45) is 5.73 Å². The van der Waals surface area contributed by atoms with E-state index in [1.807, 2.05) is 26.0 Å². The highest BCUT2D eigenvalue weighted by Crippen LogP contribution is 2.28. The fourth-order valence-corrected chi connectivity index (χ4v) is 2.00. The molecule has 0 saturated carbocycles. The molecule has 1 atom stereocenters. The molecule has 2 aromatic rings. The molecule has 2 N–H and O–H groups in total. The van der Waals surface area contributed by atoms with Crippen LogP contribution < -0.4 is 10.5 Å². The summed E-state index contributed by atoms with van der Waals surface area (Å²) in [5, 5.41) is 0. The molecule has 0 aliphatic heterocycles. The van der Waals surface area contributed by atoms with Crippen molar-refractivity contribution in [3.05, 3.63) is 53.0 Å². The predicted octanol–water partition coefficient (Wildman–Crippen LogP) is 2.95. The van der Waals surface area contributed by atoms with Gasteiger partial charge in [0.15, 0.2) is 0 Å². The van der Waals surface area contributed by atoms with Crippen LogP contribution in [0.1, 0.15) is 28.3 Å². The zero-order valence-corrected chi connectivity index (χ0v) is 10.4. The van der Waals surface area contributed by atoms with Gasteiger partial charge in [-0.25, -0.2) is 0 Å². The quantitative estimate of drug-likeness (QED) is 0.883. The van der Waals surface area contributed by atoms with Gasteiger partial charge in [0.1, 0.15) is 5.75 Å². The van der Waals surface area contributed by atoms with E-state index >= 15 is 0 Å². The molecule has 90 valence electrons. The van der Waals surface area contributed by atoms with E-state index in [4.69, 9.17) is 14.9 Å². The van der Waals surface area contributed by atoms with E-state index in [1.165, 1.54) is 0 Å². The molecular weight excluding hydrogens is 214 g/mol. The van der Waals surface area contributed by atoms with Gasteiger partial charge in [-0.3, -0.25) is 0 Å². The molecule has 1 aromatic carbocycles. The molecule has 3 heteroatoms. The maximum atomic E-state index is 6.22. The molecule has 1 heterocycles. The lowest BCUT2D eigenvalue weighted by atomic mass is 9.95. The Bertz CT molecular complexity index is 503. The summed E-state index contributed by atoms with van der Waals surface area (Å²) in [7, 11) is 1.68. The van der Waals surface area contributed by atoms with Crippen LogP contribution in [0.4, 0.5) is 0 Å². The summed E-state index contributed by atoms with van der Waals surface area (Å²) in [5.41, 5.74) is 10.5. The number of hydrogen-bond donors (Lipinski definition) is 1. The summed E-state index contributed by atoms with van der Waals surface area (Å²) in [6.45, 7) is 4.06. The lowest BCUT2D eigenvalue weighted by Gasteiger charge is -2.16. The Kier molecular flexibility index (Phi) is 3.20. The summed E-state index contributed by atoms with van der Waals surface area (Å²) >= 11 is 0. The van der Waals surface area contributed by atoms with Gasteiger partial charge in [0.25, 0.3) is 0 Å². The molecule has 0 aliphatic rings. The lowest BCUT2D eigenvalue weighted by molar-refractivity contribution is 0.411. The first-order chi connectivity index (χ1) is 8.13. The average molecular weight is 231 g/mol. The lowest BCUT2D eigenvalue weighted by Crippen LogP contribution is -2.13. The van der Waals surface area contributed by atoms with Crippen LogP contribution in [0.2, 0.25) is 0 Å². The standard InChI is InChI=1S/C14H17NO2/c1-9-7-13(16-3)10(2)6-12(9)14(15)11-4-5-17-8-11/h4-8,14H,15H2,1-3H3. The number of nitrogens with two attached hydrogens (primary N) is 1. The maximum absolute atomic E-state index is 6.22. The van der Waals surface area contributed by atoms with Crippen molar-refractivity contribution in [3.8, 4) is 5.75 Å². The highest BCUT2D eigenvalue weighted by molar-refractivity contribution is 5.45. The van der Waals surface area contributed by atoms with Crippen LogP contribution in [0.25, 0.3) is 0 Å². The third kappa shape index (κ3) is 2.19. The molecule has 1 aromatic heterocycles. The van der Waals surface area contributed by atoms with E-state index in [0.717, 1.165) is 28.0 Å². The van der Waals surface area contributed by atoms with Crippen LogP contribution in [0.3, 0.4) is 0 Å². The van der Waals surface area contributed by atoms with Gasteiger partial charge >= 0.3 is 0 Å². The fourth-order valence-electron chi connectivity index (χ4n) is 2.00. The largest absolute Gasteiger partial charge is 0.496 e. The number of furan rings is 1. The Labute approximate surface area is 101 Å². The van der Waals surface area contributed by atoms with Crippen LogP contribution in [-0.4, -0.2) is 7.11 Å². The molecule has 0 amide bonds. The Morgan fingerprint density at radius 2 is 2.00 bits per heavy atom. The minimum Gasteiger partial charge on any atom is -0.496 e. The second-order valence-corrected chi connectivity index (χ2v) is 4.21. The molecule has 0 radical (unpaired) electrons. The van der Waals surface area contributed by atoms with E-state index in [0.29, 0.717) is 0 Å². The van der Waals surface area contributed by atoms with Gasteiger partial charge in [-0.1, -0.05) is 6.07 Å². The van der Waals surface area contributed by atoms with Gasteiger partial charge in [0.2, 0.25) is 0 Å². The Hall–Kier alpha value is -1.74. The Morgan fingerprint density at radius 1 is 1.24 bits per heavy atom. The molecule has 17 heavy (non-hydrogen) atoms. The van der Waals surface area contributed by atoms with Gasteiger partial charge in [0.05, 0.1) is 25.7 Å². The van der Waals surface area contributed by atoms with E-state index in [9.17, 15) is 0 Å². The summed E-state index contributed by atoms with van der Waals surface area (Å²) in [6.07, 6.45) is 3.32. The van der Waals surface area contributed by atoms with E-state index < -0.39 is 0 Å².